The maximum atomic E-state index is 12.1. The summed E-state index contributed by atoms with van der Waals surface area (Å²) in [6.45, 7) is 0.706. The summed E-state index contributed by atoms with van der Waals surface area (Å²) >= 11 is 0. The summed E-state index contributed by atoms with van der Waals surface area (Å²) in [5.74, 6) is 0.423. The highest BCUT2D eigenvalue weighted by Gasteiger charge is 2.15. The van der Waals surface area contributed by atoms with Crippen LogP contribution in [-0.2, 0) is 0 Å². The van der Waals surface area contributed by atoms with Crippen molar-refractivity contribution in [2.45, 2.75) is 6.04 Å². The molecule has 1 aromatic heterocycles. The van der Waals surface area contributed by atoms with Crippen LogP contribution in [0.4, 0.5) is 10.6 Å². The van der Waals surface area contributed by atoms with Gasteiger partial charge < -0.3 is 10.2 Å². The lowest BCUT2D eigenvalue weighted by Gasteiger charge is -2.22. The van der Waals surface area contributed by atoms with Crippen LogP contribution in [0.5, 0.6) is 0 Å². The molecule has 1 heterocycles. The number of amides is 2. The number of aromatic nitrogens is 2. The average molecular weight is 285 g/mol. The molecule has 110 valence electrons. The van der Waals surface area contributed by atoms with Gasteiger partial charge in [-0.1, -0.05) is 30.3 Å². The van der Waals surface area contributed by atoms with Gasteiger partial charge in [-0.3, -0.25) is 5.32 Å². The van der Waals surface area contributed by atoms with Crippen LogP contribution in [0.3, 0.4) is 0 Å². The van der Waals surface area contributed by atoms with Crippen LogP contribution in [0, 0.1) is 0 Å². The fraction of sp³-hybridized carbons (Fsp3) is 0.267. The Kier molecular flexibility index (Phi) is 5.22. The van der Waals surface area contributed by atoms with Crippen molar-refractivity contribution >= 4 is 11.8 Å². The molecule has 2 N–H and O–H groups in total. The van der Waals surface area contributed by atoms with Gasteiger partial charge in [-0.2, -0.15) is 5.10 Å². The van der Waals surface area contributed by atoms with Gasteiger partial charge in [0, 0.05) is 12.7 Å². The zero-order valence-electron chi connectivity index (χ0n) is 12.2. The summed E-state index contributed by atoms with van der Waals surface area (Å²) < 4.78 is 0. The molecule has 0 bridgehead atoms. The van der Waals surface area contributed by atoms with Crippen molar-refractivity contribution < 1.29 is 4.79 Å². The first-order valence-electron chi connectivity index (χ1n) is 6.70. The summed E-state index contributed by atoms with van der Waals surface area (Å²) in [6.07, 6.45) is 1.56. The number of hydrogen-bond acceptors (Lipinski definition) is 4. The predicted octanol–water partition coefficient (Wildman–Crippen LogP) is 1.90. The van der Waals surface area contributed by atoms with E-state index in [1.807, 2.05) is 49.3 Å². The van der Waals surface area contributed by atoms with Crippen molar-refractivity contribution in [1.29, 1.82) is 0 Å². The minimum atomic E-state index is -0.300. The Hall–Kier alpha value is -2.47. The van der Waals surface area contributed by atoms with E-state index in [0.29, 0.717) is 12.4 Å². The molecule has 2 aromatic rings. The fourth-order valence-corrected chi connectivity index (χ4v) is 1.96. The second kappa shape index (κ2) is 7.35. The van der Waals surface area contributed by atoms with E-state index in [1.54, 1.807) is 18.3 Å². The molecular formula is C15H19N5O. The lowest BCUT2D eigenvalue weighted by molar-refractivity contribution is 0.244. The highest BCUT2D eigenvalue weighted by molar-refractivity contribution is 5.88. The number of urea groups is 1. The summed E-state index contributed by atoms with van der Waals surface area (Å²) in [7, 11) is 3.94. The topological polar surface area (TPSA) is 70.2 Å². The molecule has 0 saturated carbocycles. The van der Waals surface area contributed by atoms with Gasteiger partial charge >= 0.3 is 6.03 Å². The third-order valence-corrected chi connectivity index (χ3v) is 2.87. The van der Waals surface area contributed by atoms with Crippen LogP contribution >= 0.6 is 0 Å². The maximum absolute atomic E-state index is 12.1. The molecule has 6 nitrogen and oxygen atoms in total. The Bertz CT molecular complexity index is 559. The summed E-state index contributed by atoms with van der Waals surface area (Å²) in [5, 5.41) is 13.2. The second-order valence-electron chi connectivity index (χ2n) is 4.93. The Balaban J connectivity index is 2.03. The monoisotopic (exact) mass is 285 g/mol. The highest BCUT2D eigenvalue weighted by atomic mass is 16.2. The number of nitrogens with zero attached hydrogens (tertiary/aromatic N) is 3. The second-order valence-corrected chi connectivity index (χ2v) is 4.93. The Morgan fingerprint density at radius 2 is 1.95 bits per heavy atom. The summed E-state index contributed by atoms with van der Waals surface area (Å²) in [4.78, 5) is 14.1. The molecule has 0 aliphatic carbocycles. The third kappa shape index (κ3) is 4.85. The zero-order chi connectivity index (χ0) is 15.1. The normalized spacial score (nSPS) is 12.0. The van der Waals surface area contributed by atoms with Gasteiger partial charge in [-0.25, -0.2) is 4.79 Å². The molecule has 0 spiro atoms. The van der Waals surface area contributed by atoms with Crippen molar-refractivity contribution in [3.05, 3.63) is 54.2 Å². The smallest absolute Gasteiger partial charge is 0.320 e. The van der Waals surface area contributed by atoms with Crippen molar-refractivity contribution in [1.82, 2.24) is 20.4 Å². The maximum Gasteiger partial charge on any atom is 0.320 e. The van der Waals surface area contributed by atoms with Gasteiger partial charge in [0.1, 0.15) is 0 Å². The lowest BCUT2D eigenvalue weighted by Crippen LogP contribution is -2.37. The summed E-state index contributed by atoms with van der Waals surface area (Å²) in [6, 6.07) is 12.9. The first-order chi connectivity index (χ1) is 10.1. The molecule has 1 aromatic carbocycles. The molecule has 0 saturated heterocycles. The van der Waals surface area contributed by atoms with Crippen molar-refractivity contribution in [2.75, 3.05) is 26.0 Å². The van der Waals surface area contributed by atoms with Crippen LogP contribution in [0.1, 0.15) is 11.6 Å². The Morgan fingerprint density at radius 1 is 1.19 bits per heavy atom. The number of carbonyl (C=O) groups is 1. The van der Waals surface area contributed by atoms with Gasteiger partial charge in [0.05, 0.1) is 6.04 Å². The van der Waals surface area contributed by atoms with E-state index in [9.17, 15) is 4.79 Å². The van der Waals surface area contributed by atoms with Crippen LogP contribution < -0.4 is 10.6 Å². The first-order valence-corrected chi connectivity index (χ1v) is 6.70. The van der Waals surface area contributed by atoms with Gasteiger partial charge in [0.2, 0.25) is 0 Å². The molecule has 0 aliphatic heterocycles. The van der Waals surface area contributed by atoms with E-state index < -0.39 is 0 Å². The van der Waals surface area contributed by atoms with E-state index in [1.165, 1.54) is 0 Å². The first kappa shape index (κ1) is 14.9. The molecule has 1 atom stereocenters. The van der Waals surface area contributed by atoms with Gasteiger partial charge in [0.25, 0.3) is 0 Å². The molecule has 2 rings (SSSR count). The minimum absolute atomic E-state index is 0.0992. The quantitative estimate of drug-likeness (QED) is 0.880. The molecule has 21 heavy (non-hydrogen) atoms. The van der Waals surface area contributed by atoms with E-state index in [0.717, 1.165) is 5.56 Å². The number of rotatable bonds is 5. The standard InChI is InChI=1S/C15H19N5O/c1-20(2)11-13(12-7-4-3-5-8-12)17-15(21)18-14-9-6-10-16-19-14/h3-10,13H,11H2,1-2H3,(H2,17,18,19,21). The van der Waals surface area contributed by atoms with Gasteiger partial charge in [0.15, 0.2) is 5.82 Å². The van der Waals surface area contributed by atoms with Crippen LogP contribution in [0.25, 0.3) is 0 Å². The van der Waals surface area contributed by atoms with Crippen molar-refractivity contribution in [3.63, 3.8) is 0 Å². The van der Waals surface area contributed by atoms with E-state index in [2.05, 4.69) is 20.8 Å². The molecule has 2 amide bonds. The number of likely N-dealkylation sites (N-methyl/N-ethyl adjacent to an activating group) is 1. The molecular weight excluding hydrogens is 266 g/mol. The number of nitrogens with one attached hydrogen (secondary N) is 2. The average Bonchev–Trinajstić information content (AvgIpc) is 2.48. The Morgan fingerprint density at radius 3 is 2.57 bits per heavy atom. The van der Waals surface area contributed by atoms with Crippen LogP contribution in [0.15, 0.2) is 48.7 Å². The van der Waals surface area contributed by atoms with E-state index >= 15 is 0 Å². The number of carbonyl (C=O) groups excluding carboxylic acids is 1. The Labute approximate surface area is 124 Å². The van der Waals surface area contributed by atoms with Crippen LogP contribution in [-0.4, -0.2) is 41.8 Å². The highest BCUT2D eigenvalue weighted by Crippen LogP contribution is 2.13. The van der Waals surface area contributed by atoms with Crippen LogP contribution in [0.2, 0.25) is 0 Å². The molecule has 0 fully saturated rings. The third-order valence-electron chi connectivity index (χ3n) is 2.87. The lowest BCUT2D eigenvalue weighted by atomic mass is 10.1. The summed E-state index contributed by atoms with van der Waals surface area (Å²) in [5.41, 5.74) is 1.06. The predicted molar refractivity (Wildman–Crippen MR) is 81.9 cm³/mol. The van der Waals surface area contributed by atoms with Gasteiger partial charge in [-0.05, 0) is 31.8 Å². The number of benzene rings is 1. The molecule has 0 aliphatic rings. The molecule has 0 radical (unpaired) electrons. The molecule has 6 heteroatoms. The van der Waals surface area contributed by atoms with Crippen molar-refractivity contribution in [3.8, 4) is 0 Å². The van der Waals surface area contributed by atoms with E-state index in [-0.39, 0.29) is 12.1 Å². The largest absolute Gasteiger partial charge is 0.330 e. The molecule has 1 unspecified atom stereocenters. The number of anilines is 1. The van der Waals surface area contributed by atoms with Crippen molar-refractivity contribution in [2.24, 2.45) is 0 Å². The SMILES string of the molecule is CN(C)CC(NC(=O)Nc1cccnn1)c1ccccc1. The number of hydrogen-bond donors (Lipinski definition) is 2. The zero-order valence-corrected chi connectivity index (χ0v) is 12.2. The fourth-order valence-electron chi connectivity index (χ4n) is 1.96. The van der Waals surface area contributed by atoms with E-state index in [4.69, 9.17) is 0 Å². The van der Waals surface area contributed by atoms with Gasteiger partial charge in [-0.15, -0.1) is 5.10 Å². The minimum Gasteiger partial charge on any atom is -0.330 e.